The molecule has 0 amide bonds. The van der Waals surface area contributed by atoms with Crippen LogP contribution < -0.4 is 0 Å². The first kappa shape index (κ1) is 8.92. The Kier molecular flexibility index (Phi) is 3.15. The predicted molar refractivity (Wildman–Crippen MR) is 36.9 cm³/mol. The molecule has 2 unspecified atom stereocenters. The number of aliphatic hydroxyl groups excluding tert-OH is 1. The van der Waals surface area contributed by atoms with Crippen molar-refractivity contribution in [3.05, 3.63) is 6.92 Å². The Morgan fingerprint density at radius 3 is 2.22 bits per heavy atom. The first-order chi connectivity index (χ1) is 4.00. The highest BCUT2D eigenvalue weighted by molar-refractivity contribution is 4.85. The normalized spacial score (nSPS) is 21.0. The average Bonchev–Trinajstić information content (AvgIpc) is 1.65. The minimum Gasteiger partial charge on any atom is -0.390 e. The molecule has 0 heterocycles. The third-order valence-electron chi connectivity index (χ3n) is 1.46. The van der Waals surface area contributed by atoms with E-state index in [1.165, 1.54) is 0 Å². The average molecular weight is 131 g/mol. The Bertz CT molecular complexity index is 77.0. The zero-order chi connectivity index (χ0) is 7.49. The molecule has 0 rings (SSSR count). The lowest BCUT2D eigenvalue weighted by Gasteiger charge is -2.25. The lowest BCUT2D eigenvalue weighted by Crippen LogP contribution is -2.37. The van der Waals surface area contributed by atoms with Crippen molar-refractivity contribution in [2.24, 2.45) is 0 Å². The van der Waals surface area contributed by atoms with Crippen molar-refractivity contribution < 1.29 is 10.2 Å². The van der Waals surface area contributed by atoms with Gasteiger partial charge in [-0.25, -0.2) is 0 Å². The van der Waals surface area contributed by atoms with Gasteiger partial charge in [-0.2, -0.15) is 0 Å². The highest BCUT2D eigenvalue weighted by atomic mass is 16.3. The quantitative estimate of drug-likeness (QED) is 0.593. The summed E-state index contributed by atoms with van der Waals surface area (Å²) in [7, 11) is 0. The van der Waals surface area contributed by atoms with Gasteiger partial charge < -0.3 is 10.2 Å². The lowest BCUT2D eigenvalue weighted by atomic mass is 9.95. The predicted octanol–water partition coefficient (Wildman–Crippen LogP) is 0.732. The van der Waals surface area contributed by atoms with Crippen molar-refractivity contribution >= 4 is 0 Å². The monoisotopic (exact) mass is 131 g/mol. The molecule has 55 valence electrons. The molecule has 0 fully saturated rings. The van der Waals surface area contributed by atoms with Gasteiger partial charge in [-0.05, 0) is 20.3 Å². The summed E-state index contributed by atoms with van der Waals surface area (Å²) in [6.07, 6.45) is 0.646. The molecule has 0 aliphatic rings. The van der Waals surface area contributed by atoms with Gasteiger partial charge in [0.25, 0.3) is 0 Å². The van der Waals surface area contributed by atoms with E-state index in [1.54, 1.807) is 6.92 Å². The molecular formula is C7H15O2. The first-order valence-electron chi connectivity index (χ1n) is 3.26. The largest absolute Gasteiger partial charge is 0.390 e. The van der Waals surface area contributed by atoms with Crippen molar-refractivity contribution in [2.75, 3.05) is 0 Å². The number of aliphatic hydroxyl groups is 2. The Morgan fingerprint density at radius 1 is 1.67 bits per heavy atom. The molecule has 0 aromatic carbocycles. The molecule has 0 spiro atoms. The summed E-state index contributed by atoms with van der Waals surface area (Å²) in [6, 6.07) is 0. The fourth-order valence-corrected chi connectivity index (χ4v) is 0.642. The molecule has 9 heavy (non-hydrogen) atoms. The van der Waals surface area contributed by atoms with Crippen LogP contribution in [0, 0.1) is 6.92 Å². The van der Waals surface area contributed by atoms with E-state index in [0.29, 0.717) is 6.42 Å². The summed E-state index contributed by atoms with van der Waals surface area (Å²) in [5.74, 6) is 0. The van der Waals surface area contributed by atoms with E-state index in [0.717, 1.165) is 6.42 Å². The second kappa shape index (κ2) is 3.18. The summed E-state index contributed by atoms with van der Waals surface area (Å²) in [5.41, 5.74) is -1.14. The van der Waals surface area contributed by atoms with E-state index in [1.807, 2.05) is 6.92 Å². The van der Waals surface area contributed by atoms with Crippen molar-refractivity contribution in [1.82, 2.24) is 0 Å². The van der Waals surface area contributed by atoms with Crippen LogP contribution in [0.4, 0.5) is 0 Å². The Labute approximate surface area is 56.5 Å². The topological polar surface area (TPSA) is 40.5 Å². The summed E-state index contributed by atoms with van der Waals surface area (Å²) in [6.45, 7) is 6.95. The lowest BCUT2D eigenvalue weighted by molar-refractivity contribution is -0.0374. The van der Waals surface area contributed by atoms with Gasteiger partial charge in [-0.1, -0.05) is 13.3 Å². The van der Waals surface area contributed by atoms with Crippen molar-refractivity contribution in [2.45, 2.75) is 38.4 Å². The number of hydrogen-bond donors (Lipinski definition) is 2. The standard InChI is InChI=1S/C7H15O2/c1-4-5-7(3,9)6(2)8/h6,8-9H,3-5H2,1-2H3. The maximum atomic E-state index is 9.23. The second-order valence-electron chi connectivity index (χ2n) is 2.53. The van der Waals surface area contributed by atoms with Crippen molar-refractivity contribution in [3.8, 4) is 0 Å². The summed E-state index contributed by atoms with van der Waals surface area (Å²) < 4.78 is 0. The van der Waals surface area contributed by atoms with Crippen LogP contribution in [0.25, 0.3) is 0 Å². The fourth-order valence-electron chi connectivity index (χ4n) is 0.642. The molecule has 0 aliphatic carbocycles. The third-order valence-corrected chi connectivity index (χ3v) is 1.46. The molecule has 0 saturated carbocycles. The van der Waals surface area contributed by atoms with Gasteiger partial charge in [0.05, 0.1) is 11.7 Å². The minimum atomic E-state index is -1.14. The smallest absolute Gasteiger partial charge is 0.0903 e. The SMILES string of the molecule is [CH2]C(O)(CCC)C(C)O. The van der Waals surface area contributed by atoms with Gasteiger partial charge in [-0.3, -0.25) is 0 Å². The maximum absolute atomic E-state index is 9.23. The Balaban J connectivity index is 3.70. The van der Waals surface area contributed by atoms with Gasteiger partial charge in [-0.15, -0.1) is 0 Å². The molecule has 0 aromatic rings. The van der Waals surface area contributed by atoms with Gasteiger partial charge in [0, 0.05) is 0 Å². The van der Waals surface area contributed by atoms with E-state index in [9.17, 15) is 5.11 Å². The third kappa shape index (κ3) is 2.82. The molecule has 0 bridgehead atoms. The van der Waals surface area contributed by atoms with Gasteiger partial charge >= 0.3 is 0 Å². The zero-order valence-corrected chi connectivity index (χ0v) is 6.09. The fraction of sp³-hybridized carbons (Fsp3) is 0.857. The summed E-state index contributed by atoms with van der Waals surface area (Å²) >= 11 is 0. The zero-order valence-electron chi connectivity index (χ0n) is 6.09. The Morgan fingerprint density at radius 2 is 2.11 bits per heavy atom. The van der Waals surface area contributed by atoms with Crippen LogP contribution in [0.2, 0.25) is 0 Å². The molecule has 2 heteroatoms. The highest BCUT2D eigenvalue weighted by Gasteiger charge is 2.24. The van der Waals surface area contributed by atoms with Crippen LogP contribution >= 0.6 is 0 Å². The molecule has 0 aliphatic heterocycles. The van der Waals surface area contributed by atoms with E-state index < -0.39 is 11.7 Å². The van der Waals surface area contributed by atoms with Crippen LogP contribution in [0.3, 0.4) is 0 Å². The van der Waals surface area contributed by atoms with Gasteiger partial charge in [0.15, 0.2) is 0 Å². The second-order valence-corrected chi connectivity index (χ2v) is 2.53. The van der Waals surface area contributed by atoms with Gasteiger partial charge in [0.1, 0.15) is 0 Å². The molecule has 1 radical (unpaired) electrons. The minimum absolute atomic E-state index is 0.546. The maximum Gasteiger partial charge on any atom is 0.0903 e. The van der Waals surface area contributed by atoms with Crippen LogP contribution in [0.15, 0.2) is 0 Å². The molecule has 2 nitrogen and oxygen atoms in total. The van der Waals surface area contributed by atoms with E-state index in [-0.39, 0.29) is 0 Å². The molecule has 0 aromatic heterocycles. The van der Waals surface area contributed by atoms with E-state index in [4.69, 9.17) is 5.11 Å². The van der Waals surface area contributed by atoms with Crippen molar-refractivity contribution in [1.29, 1.82) is 0 Å². The summed E-state index contributed by atoms with van der Waals surface area (Å²) in [4.78, 5) is 0. The Hall–Kier alpha value is -0.0800. The number of rotatable bonds is 3. The molecular weight excluding hydrogens is 116 g/mol. The molecule has 2 N–H and O–H groups in total. The molecule has 2 atom stereocenters. The van der Waals surface area contributed by atoms with E-state index in [2.05, 4.69) is 6.92 Å². The first-order valence-corrected chi connectivity index (χ1v) is 3.26. The van der Waals surface area contributed by atoms with Crippen LogP contribution in [-0.4, -0.2) is 21.9 Å². The highest BCUT2D eigenvalue weighted by Crippen LogP contribution is 2.15. The van der Waals surface area contributed by atoms with Gasteiger partial charge in [0.2, 0.25) is 0 Å². The van der Waals surface area contributed by atoms with Crippen LogP contribution in [0.5, 0.6) is 0 Å². The van der Waals surface area contributed by atoms with E-state index >= 15 is 0 Å². The van der Waals surface area contributed by atoms with Crippen molar-refractivity contribution in [3.63, 3.8) is 0 Å². The molecule has 0 saturated heterocycles. The summed E-state index contributed by atoms with van der Waals surface area (Å²) in [5, 5.41) is 18.1. The number of hydrogen-bond acceptors (Lipinski definition) is 2. The van der Waals surface area contributed by atoms with Crippen LogP contribution in [0.1, 0.15) is 26.7 Å². The van der Waals surface area contributed by atoms with Crippen LogP contribution in [-0.2, 0) is 0 Å².